The van der Waals surface area contributed by atoms with Gasteiger partial charge >= 0.3 is 5.97 Å². The minimum atomic E-state index is -3.28. The molecule has 2 rings (SSSR count). The van der Waals surface area contributed by atoms with Crippen LogP contribution < -0.4 is 5.32 Å². The van der Waals surface area contributed by atoms with E-state index < -0.39 is 15.8 Å². The van der Waals surface area contributed by atoms with Gasteiger partial charge in [-0.3, -0.25) is 0 Å². The molecule has 0 radical (unpaired) electrons. The summed E-state index contributed by atoms with van der Waals surface area (Å²) in [6.45, 7) is 1.90. The van der Waals surface area contributed by atoms with Crippen molar-refractivity contribution >= 4 is 21.8 Å². The fraction of sp³-hybridized carbons (Fsp3) is 0.286. The highest BCUT2D eigenvalue weighted by atomic mass is 32.2. The van der Waals surface area contributed by atoms with Crippen LogP contribution in [0.1, 0.15) is 17.5 Å². The molecule has 0 unspecified atom stereocenters. The van der Waals surface area contributed by atoms with Crippen molar-refractivity contribution in [3.8, 4) is 11.3 Å². The van der Waals surface area contributed by atoms with Crippen LogP contribution in [0.15, 0.2) is 33.6 Å². The van der Waals surface area contributed by atoms with E-state index >= 15 is 0 Å². The normalized spacial score (nSPS) is 11.2. The summed E-state index contributed by atoms with van der Waals surface area (Å²) in [5, 5.41) is 2.71. The fourth-order valence-electron chi connectivity index (χ4n) is 1.82. The SMILES string of the molecule is CCOC(=O)c1oc(NC)nc1-c1ccc(S(C)(=O)=O)cc1. The summed E-state index contributed by atoms with van der Waals surface area (Å²) in [5.41, 5.74) is 0.851. The smallest absolute Gasteiger partial charge is 0.376 e. The van der Waals surface area contributed by atoms with E-state index in [9.17, 15) is 13.2 Å². The lowest BCUT2D eigenvalue weighted by atomic mass is 10.1. The molecule has 1 aromatic heterocycles. The Labute approximate surface area is 128 Å². The van der Waals surface area contributed by atoms with Crippen molar-refractivity contribution in [3.63, 3.8) is 0 Å². The van der Waals surface area contributed by atoms with Gasteiger partial charge in [0.25, 0.3) is 6.01 Å². The van der Waals surface area contributed by atoms with Crippen molar-refractivity contribution in [2.24, 2.45) is 0 Å². The van der Waals surface area contributed by atoms with Gasteiger partial charge in [-0.05, 0) is 19.1 Å². The Hall–Kier alpha value is -2.35. The standard InChI is InChI=1S/C14H16N2O5S/c1-4-20-13(17)12-11(16-14(15-2)21-12)9-5-7-10(8-6-9)22(3,18)19/h5-8H,4H2,1-3H3,(H,15,16). The van der Waals surface area contributed by atoms with Crippen molar-refractivity contribution < 1.29 is 22.4 Å². The average Bonchev–Trinajstić information content (AvgIpc) is 2.91. The van der Waals surface area contributed by atoms with E-state index in [0.717, 1.165) is 6.26 Å². The topological polar surface area (TPSA) is 98.5 Å². The first-order valence-electron chi connectivity index (χ1n) is 6.53. The molecule has 1 heterocycles. The van der Waals surface area contributed by atoms with Gasteiger partial charge in [-0.1, -0.05) is 12.1 Å². The zero-order valence-corrected chi connectivity index (χ0v) is 13.2. The molecule has 0 fully saturated rings. The number of sulfone groups is 1. The van der Waals surface area contributed by atoms with Crippen LogP contribution in [-0.4, -0.2) is 39.3 Å². The Kier molecular flexibility index (Phi) is 4.51. The molecule has 0 spiro atoms. The lowest BCUT2D eigenvalue weighted by Gasteiger charge is -2.02. The Morgan fingerprint density at radius 2 is 1.95 bits per heavy atom. The van der Waals surface area contributed by atoms with Crippen LogP contribution in [0.25, 0.3) is 11.3 Å². The van der Waals surface area contributed by atoms with Crippen LogP contribution in [0.5, 0.6) is 0 Å². The number of aromatic nitrogens is 1. The molecule has 22 heavy (non-hydrogen) atoms. The zero-order valence-electron chi connectivity index (χ0n) is 12.4. The quantitative estimate of drug-likeness (QED) is 0.839. The number of hydrogen-bond acceptors (Lipinski definition) is 7. The maximum atomic E-state index is 11.9. The minimum absolute atomic E-state index is 0.0293. The molecule has 2 aromatic rings. The molecule has 1 aromatic carbocycles. The van der Waals surface area contributed by atoms with Crippen LogP contribution in [0, 0.1) is 0 Å². The number of oxazole rings is 1. The number of esters is 1. The first-order valence-corrected chi connectivity index (χ1v) is 8.42. The average molecular weight is 324 g/mol. The summed E-state index contributed by atoms with van der Waals surface area (Å²) in [6.07, 6.45) is 1.13. The monoisotopic (exact) mass is 324 g/mol. The maximum absolute atomic E-state index is 11.9. The number of benzene rings is 1. The predicted octanol–water partition coefficient (Wildman–Crippen LogP) is 1.96. The van der Waals surface area contributed by atoms with E-state index in [4.69, 9.17) is 9.15 Å². The van der Waals surface area contributed by atoms with Gasteiger partial charge in [0.05, 0.1) is 11.5 Å². The lowest BCUT2D eigenvalue weighted by molar-refractivity contribution is 0.0492. The van der Waals surface area contributed by atoms with Gasteiger partial charge in [-0.2, -0.15) is 4.98 Å². The molecule has 0 saturated carbocycles. The van der Waals surface area contributed by atoms with E-state index in [1.807, 2.05) is 0 Å². The summed E-state index contributed by atoms with van der Waals surface area (Å²) >= 11 is 0. The van der Waals surface area contributed by atoms with Crippen molar-refractivity contribution in [2.75, 3.05) is 25.2 Å². The Morgan fingerprint density at radius 3 is 2.45 bits per heavy atom. The van der Waals surface area contributed by atoms with Crippen molar-refractivity contribution in [2.45, 2.75) is 11.8 Å². The largest absolute Gasteiger partial charge is 0.460 e. The van der Waals surface area contributed by atoms with Crippen LogP contribution in [-0.2, 0) is 14.6 Å². The number of ether oxygens (including phenoxy) is 1. The third kappa shape index (κ3) is 3.28. The Bertz CT molecular complexity index is 778. The highest BCUT2D eigenvalue weighted by Crippen LogP contribution is 2.27. The van der Waals surface area contributed by atoms with Crippen LogP contribution >= 0.6 is 0 Å². The summed E-state index contributed by atoms with van der Waals surface area (Å²) in [6, 6.07) is 6.21. The summed E-state index contributed by atoms with van der Waals surface area (Å²) in [7, 11) is -1.68. The molecule has 118 valence electrons. The van der Waals surface area contributed by atoms with Gasteiger partial charge in [0.1, 0.15) is 5.69 Å². The van der Waals surface area contributed by atoms with E-state index in [0.29, 0.717) is 11.3 Å². The summed E-state index contributed by atoms with van der Waals surface area (Å²) in [4.78, 5) is 16.3. The van der Waals surface area contributed by atoms with Gasteiger partial charge in [0, 0.05) is 18.9 Å². The second kappa shape index (κ2) is 6.18. The number of anilines is 1. The molecule has 8 heteroatoms. The van der Waals surface area contributed by atoms with Crippen LogP contribution in [0.4, 0.5) is 6.01 Å². The fourth-order valence-corrected chi connectivity index (χ4v) is 2.45. The molecule has 0 atom stereocenters. The number of hydrogen-bond donors (Lipinski definition) is 1. The van der Waals surface area contributed by atoms with Crippen molar-refractivity contribution in [1.29, 1.82) is 0 Å². The zero-order chi connectivity index (χ0) is 16.3. The highest BCUT2D eigenvalue weighted by Gasteiger charge is 2.22. The van der Waals surface area contributed by atoms with Crippen molar-refractivity contribution in [3.05, 3.63) is 30.0 Å². The van der Waals surface area contributed by atoms with Gasteiger partial charge in [0.15, 0.2) is 9.84 Å². The minimum Gasteiger partial charge on any atom is -0.460 e. The molecule has 0 saturated heterocycles. The van der Waals surface area contributed by atoms with Gasteiger partial charge in [0.2, 0.25) is 5.76 Å². The van der Waals surface area contributed by atoms with Gasteiger partial charge in [-0.15, -0.1) is 0 Å². The molecule has 0 bridgehead atoms. The lowest BCUT2D eigenvalue weighted by Crippen LogP contribution is -2.05. The van der Waals surface area contributed by atoms with E-state index in [1.54, 1.807) is 26.1 Å². The maximum Gasteiger partial charge on any atom is 0.376 e. The number of nitrogens with zero attached hydrogens (tertiary/aromatic N) is 1. The van der Waals surface area contributed by atoms with E-state index in [2.05, 4.69) is 10.3 Å². The van der Waals surface area contributed by atoms with E-state index in [1.165, 1.54) is 12.1 Å². The predicted molar refractivity (Wildman–Crippen MR) is 80.6 cm³/mol. The Balaban J connectivity index is 2.47. The molecule has 1 N–H and O–H groups in total. The summed E-state index contributed by atoms with van der Waals surface area (Å²) in [5.74, 6) is -0.656. The third-order valence-electron chi connectivity index (χ3n) is 2.86. The highest BCUT2D eigenvalue weighted by molar-refractivity contribution is 7.90. The van der Waals surface area contributed by atoms with Gasteiger partial charge < -0.3 is 14.5 Å². The van der Waals surface area contributed by atoms with Crippen LogP contribution in [0.3, 0.4) is 0 Å². The number of nitrogens with one attached hydrogen (secondary N) is 1. The molecular formula is C14H16N2O5S. The molecule has 0 amide bonds. The number of carbonyl (C=O) groups excluding carboxylic acids is 1. The molecular weight excluding hydrogens is 308 g/mol. The molecule has 0 aliphatic rings. The second-order valence-corrected chi connectivity index (χ2v) is 6.48. The van der Waals surface area contributed by atoms with Crippen LogP contribution in [0.2, 0.25) is 0 Å². The van der Waals surface area contributed by atoms with Gasteiger partial charge in [-0.25, -0.2) is 13.2 Å². The van der Waals surface area contributed by atoms with Crippen molar-refractivity contribution in [1.82, 2.24) is 4.98 Å². The second-order valence-electron chi connectivity index (χ2n) is 4.46. The first kappa shape index (κ1) is 16.0. The number of rotatable bonds is 5. The molecule has 7 nitrogen and oxygen atoms in total. The molecule has 0 aliphatic heterocycles. The first-order chi connectivity index (χ1) is 10.4. The Morgan fingerprint density at radius 1 is 1.32 bits per heavy atom. The van der Waals surface area contributed by atoms with E-state index in [-0.39, 0.29) is 23.3 Å². The third-order valence-corrected chi connectivity index (χ3v) is 3.99. The summed E-state index contributed by atoms with van der Waals surface area (Å²) < 4.78 is 33.2. The number of carbonyl (C=O) groups is 1. The molecule has 0 aliphatic carbocycles.